The van der Waals surface area contributed by atoms with E-state index in [-0.39, 0.29) is 10.8 Å². The molecule has 284 valence electrons. The van der Waals surface area contributed by atoms with Crippen LogP contribution in [0.2, 0.25) is 0 Å². The van der Waals surface area contributed by atoms with Crippen molar-refractivity contribution in [2.24, 2.45) is 0 Å². The lowest BCUT2D eigenvalue weighted by Gasteiger charge is -2.23. The summed E-state index contributed by atoms with van der Waals surface area (Å²) >= 11 is 0. The normalized spacial score (nSPS) is 14.3. The highest BCUT2D eigenvalue weighted by Crippen LogP contribution is 2.55. The molecule has 1 heterocycles. The molecular formula is C58H42N2. The lowest BCUT2D eigenvalue weighted by atomic mass is 9.81. The second-order valence-electron chi connectivity index (χ2n) is 17.7. The molecule has 2 aliphatic rings. The standard InChI is InChI=1S/C58H42N2/c1-57(2)48-27-15-14-25-45(48)54-43-24-13-12-23-40(43)46(33-51(54)57)53-34-52(59-56(60-53)35-17-6-5-7-18-35)42-30-29-41(38-21-10-11-22-39(38)42)44-26-16-28-49-55(44)47-31-36-19-8-9-20-37(36)32-50(47)58(49,3)4/h5-34H,1-4H3. The van der Waals surface area contributed by atoms with E-state index in [9.17, 15) is 0 Å². The number of rotatable bonds is 4. The molecule has 0 amide bonds. The summed E-state index contributed by atoms with van der Waals surface area (Å²) in [6.07, 6.45) is 0. The van der Waals surface area contributed by atoms with Gasteiger partial charge in [-0.2, -0.15) is 0 Å². The van der Waals surface area contributed by atoms with Crippen LogP contribution in [0.25, 0.3) is 99.6 Å². The van der Waals surface area contributed by atoms with Gasteiger partial charge in [-0.15, -0.1) is 0 Å². The molecule has 2 aliphatic carbocycles. The van der Waals surface area contributed by atoms with E-state index in [1.165, 1.54) is 88.0 Å². The second kappa shape index (κ2) is 12.7. The molecule has 0 aliphatic heterocycles. The number of fused-ring (bicyclic) bond motifs is 10. The fourth-order valence-corrected chi connectivity index (χ4v) is 10.7. The van der Waals surface area contributed by atoms with Gasteiger partial charge in [0.25, 0.3) is 0 Å². The number of hydrogen-bond donors (Lipinski definition) is 0. The fraction of sp³-hybridized carbons (Fsp3) is 0.103. The first-order valence-corrected chi connectivity index (χ1v) is 21.1. The average Bonchev–Trinajstić information content (AvgIpc) is 3.66. The maximum atomic E-state index is 5.40. The van der Waals surface area contributed by atoms with Crippen LogP contribution in [-0.2, 0) is 10.8 Å². The van der Waals surface area contributed by atoms with Gasteiger partial charge in [-0.05, 0) is 112 Å². The molecule has 2 heteroatoms. The van der Waals surface area contributed by atoms with Crippen molar-refractivity contribution in [3.8, 4) is 67.3 Å². The van der Waals surface area contributed by atoms with Crippen molar-refractivity contribution in [1.29, 1.82) is 0 Å². The van der Waals surface area contributed by atoms with Gasteiger partial charge in [-0.3, -0.25) is 0 Å². The Morgan fingerprint density at radius 2 is 0.867 bits per heavy atom. The summed E-state index contributed by atoms with van der Waals surface area (Å²) in [6, 6.07) is 66.8. The molecule has 1 aromatic heterocycles. The van der Waals surface area contributed by atoms with Gasteiger partial charge in [0, 0.05) is 27.5 Å². The Hall–Kier alpha value is -7.16. The van der Waals surface area contributed by atoms with E-state index in [1.807, 2.05) is 0 Å². The maximum absolute atomic E-state index is 5.40. The third-order valence-corrected chi connectivity index (χ3v) is 13.7. The number of benzene rings is 9. The molecule has 0 spiro atoms. The minimum atomic E-state index is -0.157. The minimum Gasteiger partial charge on any atom is -0.228 e. The molecule has 0 saturated heterocycles. The van der Waals surface area contributed by atoms with Crippen molar-refractivity contribution in [2.45, 2.75) is 38.5 Å². The molecule has 0 bridgehead atoms. The predicted octanol–water partition coefficient (Wildman–Crippen LogP) is 15.2. The summed E-state index contributed by atoms with van der Waals surface area (Å²) in [4.78, 5) is 10.8. The van der Waals surface area contributed by atoms with Crippen LogP contribution < -0.4 is 0 Å². The SMILES string of the molecule is CC1(C)c2cc3ccccc3cc2-c2c(-c3ccc(-c4cc(-c5cc6c(c7ccccc57)-c5ccccc5C6(C)C)nc(-c5ccccc5)n4)c4ccccc34)cccc21. The Morgan fingerprint density at radius 3 is 1.63 bits per heavy atom. The van der Waals surface area contributed by atoms with Crippen LogP contribution in [0.4, 0.5) is 0 Å². The largest absolute Gasteiger partial charge is 0.228 e. The summed E-state index contributed by atoms with van der Waals surface area (Å²) in [5.74, 6) is 0.718. The molecule has 0 atom stereocenters. The van der Waals surface area contributed by atoms with Gasteiger partial charge in [0.2, 0.25) is 0 Å². The lowest BCUT2D eigenvalue weighted by Crippen LogP contribution is -2.15. The topological polar surface area (TPSA) is 25.8 Å². The van der Waals surface area contributed by atoms with Crippen molar-refractivity contribution < 1.29 is 0 Å². The molecule has 0 fully saturated rings. The van der Waals surface area contributed by atoms with Gasteiger partial charge < -0.3 is 0 Å². The summed E-state index contributed by atoms with van der Waals surface area (Å²) in [5.41, 5.74) is 18.0. The first-order valence-electron chi connectivity index (χ1n) is 21.1. The zero-order valence-corrected chi connectivity index (χ0v) is 34.2. The number of aromatic nitrogens is 2. The first kappa shape index (κ1) is 34.8. The van der Waals surface area contributed by atoms with Gasteiger partial charge in [-0.25, -0.2) is 9.97 Å². The van der Waals surface area contributed by atoms with E-state index in [4.69, 9.17) is 9.97 Å². The summed E-state index contributed by atoms with van der Waals surface area (Å²) < 4.78 is 0. The Labute approximate surface area is 350 Å². The monoisotopic (exact) mass is 766 g/mol. The summed E-state index contributed by atoms with van der Waals surface area (Å²) in [7, 11) is 0. The zero-order valence-electron chi connectivity index (χ0n) is 34.2. The second-order valence-corrected chi connectivity index (χ2v) is 17.7. The Kier molecular flexibility index (Phi) is 7.36. The van der Waals surface area contributed by atoms with Gasteiger partial charge in [-0.1, -0.05) is 185 Å². The molecule has 0 unspecified atom stereocenters. The van der Waals surface area contributed by atoms with Gasteiger partial charge in [0.15, 0.2) is 5.82 Å². The minimum absolute atomic E-state index is 0.120. The highest BCUT2D eigenvalue weighted by Gasteiger charge is 2.39. The number of hydrogen-bond acceptors (Lipinski definition) is 2. The molecule has 0 N–H and O–H groups in total. The van der Waals surface area contributed by atoms with E-state index in [0.29, 0.717) is 0 Å². The molecule has 60 heavy (non-hydrogen) atoms. The predicted molar refractivity (Wildman–Crippen MR) is 251 cm³/mol. The quantitative estimate of drug-likeness (QED) is 0.178. The highest BCUT2D eigenvalue weighted by atomic mass is 14.9. The van der Waals surface area contributed by atoms with E-state index < -0.39 is 0 Å². The molecule has 0 radical (unpaired) electrons. The van der Waals surface area contributed by atoms with Crippen LogP contribution >= 0.6 is 0 Å². The van der Waals surface area contributed by atoms with E-state index in [2.05, 4.69) is 210 Å². The third-order valence-electron chi connectivity index (χ3n) is 13.7. The first-order chi connectivity index (χ1) is 29.3. The molecule has 10 aromatic rings. The van der Waals surface area contributed by atoms with E-state index >= 15 is 0 Å². The van der Waals surface area contributed by atoms with Crippen molar-refractivity contribution in [3.63, 3.8) is 0 Å². The van der Waals surface area contributed by atoms with Crippen LogP contribution in [0.3, 0.4) is 0 Å². The Morgan fingerprint density at radius 1 is 0.317 bits per heavy atom. The Bertz CT molecular complexity index is 3430. The van der Waals surface area contributed by atoms with E-state index in [0.717, 1.165) is 33.9 Å². The summed E-state index contributed by atoms with van der Waals surface area (Å²) in [5, 5.41) is 7.39. The van der Waals surface area contributed by atoms with Crippen molar-refractivity contribution in [1.82, 2.24) is 9.97 Å². The van der Waals surface area contributed by atoms with Crippen LogP contribution in [0, 0.1) is 0 Å². The fourth-order valence-electron chi connectivity index (χ4n) is 10.7. The molecule has 9 aromatic carbocycles. The molecule has 2 nitrogen and oxygen atoms in total. The van der Waals surface area contributed by atoms with Crippen molar-refractivity contribution >= 4 is 32.3 Å². The van der Waals surface area contributed by atoms with Gasteiger partial charge >= 0.3 is 0 Å². The Balaban J connectivity index is 1.09. The highest BCUT2D eigenvalue weighted by molar-refractivity contribution is 6.11. The molecule has 0 saturated carbocycles. The average molecular weight is 767 g/mol. The van der Waals surface area contributed by atoms with Crippen LogP contribution in [0.15, 0.2) is 182 Å². The third kappa shape index (κ3) is 4.94. The van der Waals surface area contributed by atoms with Crippen molar-refractivity contribution in [2.75, 3.05) is 0 Å². The van der Waals surface area contributed by atoms with Gasteiger partial charge in [0.1, 0.15) is 0 Å². The molecule has 12 rings (SSSR count). The summed E-state index contributed by atoms with van der Waals surface area (Å²) in [6.45, 7) is 9.46. The van der Waals surface area contributed by atoms with Crippen LogP contribution in [0.5, 0.6) is 0 Å². The smallest absolute Gasteiger partial charge is 0.160 e. The van der Waals surface area contributed by atoms with Crippen molar-refractivity contribution in [3.05, 3.63) is 204 Å². The number of nitrogens with zero attached hydrogens (tertiary/aromatic N) is 2. The maximum Gasteiger partial charge on any atom is 0.160 e. The molecular weight excluding hydrogens is 725 g/mol. The van der Waals surface area contributed by atoms with Gasteiger partial charge in [0.05, 0.1) is 11.4 Å². The van der Waals surface area contributed by atoms with Crippen LogP contribution in [-0.4, -0.2) is 9.97 Å². The zero-order chi connectivity index (χ0) is 40.3. The lowest BCUT2D eigenvalue weighted by molar-refractivity contribution is 0.661. The van der Waals surface area contributed by atoms with Crippen LogP contribution in [0.1, 0.15) is 49.9 Å². The van der Waals surface area contributed by atoms with E-state index in [1.54, 1.807) is 0 Å².